The minimum Gasteiger partial charge on any atom is -0.394 e. The van der Waals surface area contributed by atoms with Crippen molar-refractivity contribution in [3.05, 3.63) is 35.4 Å². The van der Waals surface area contributed by atoms with Crippen molar-refractivity contribution in [3.63, 3.8) is 0 Å². The third-order valence-electron chi connectivity index (χ3n) is 2.10. The minimum atomic E-state index is -1.33. The highest BCUT2D eigenvalue weighted by Gasteiger charge is 2.21. The molecule has 0 saturated carbocycles. The molecule has 1 aromatic carbocycles. The first-order valence-corrected chi connectivity index (χ1v) is 4.43. The van der Waals surface area contributed by atoms with E-state index in [4.69, 9.17) is 10.8 Å². The summed E-state index contributed by atoms with van der Waals surface area (Å²) >= 11 is 0. The number of hydrogen-bond donors (Lipinski definition) is 4. The molecule has 0 bridgehead atoms. The molecule has 15 heavy (non-hydrogen) atoms. The van der Waals surface area contributed by atoms with Crippen molar-refractivity contribution in [3.8, 4) is 0 Å². The third-order valence-corrected chi connectivity index (χ3v) is 2.10. The molecule has 0 aromatic heterocycles. The maximum absolute atomic E-state index is 11.0. The maximum atomic E-state index is 11.0. The summed E-state index contributed by atoms with van der Waals surface area (Å²) < 4.78 is 0. The van der Waals surface area contributed by atoms with Crippen molar-refractivity contribution in [1.82, 2.24) is 0 Å². The number of amides is 1. The van der Waals surface area contributed by atoms with E-state index in [2.05, 4.69) is 0 Å². The van der Waals surface area contributed by atoms with Gasteiger partial charge in [0, 0.05) is 5.56 Å². The largest absolute Gasteiger partial charge is 0.394 e. The molecule has 2 unspecified atom stereocenters. The molecule has 0 spiro atoms. The van der Waals surface area contributed by atoms with Crippen LogP contribution in [0.5, 0.6) is 0 Å². The van der Waals surface area contributed by atoms with Crippen molar-refractivity contribution in [2.45, 2.75) is 12.2 Å². The first-order valence-electron chi connectivity index (χ1n) is 4.43. The fourth-order valence-electron chi connectivity index (χ4n) is 1.29. The normalized spacial score (nSPS) is 14.6. The molecule has 1 aromatic rings. The zero-order chi connectivity index (χ0) is 11.4. The van der Waals surface area contributed by atoms with Gasteiger partial charge in [-0.05, 0) is 11.6 Å². The summed E-state index contributed by atoms with van der Waals surface area (Å²) in [4.78, 5) is 11.0. The van der Waals surface area contributed by atoms with Crippen LogP contribution >= 0.6 is 0 Å². The van der Waals surface area contributed by atoms with Crippen LogP contribution in [-0.4, -0.2) is 33.9 Å². The van der Waals surface area contributed by atoms with Gasteiger partial charge in [-0.25, -0.2) is 0 Å². The first-order chi connectivity index (χ1) is 7.07. The monoisotopic (exact) mass is 211 g/mol. The third kappa shape index (κ3) is 2.53. The molecule has 0 aliphatic heterocycles. The smallest absolute Gasteiger partial charge is 0.249 e. The van der Waals surface area contributed by atoms with Crippen molar-refractivity contribution < 1.29 is 20.1 Å². The van der Waals surface area contributed by atoms with Gasteiger partial charge in [-0.3, -0.25) is 4.79 Å². The van der Waals surface area contributed by atoms with Crippen LogP contribution < -0.4 is 5.73 Å². The molecule has 2 atom stereocenters. The predicted octanol–water partition coefficient (Wildman–Crippen LogP) is -0.828. The molecule has 0 saturated heterocycles. The highest BCUT2D eigenvalue weighted by molar-refractivity contribution is 5.94. The summed E-state index contributed by atoms with van der Waals surface area (Å²) in [5, 5.41) is 27.5. The molecule has 0 aliphatic carbocycles. The van der Waals surface area contributed by atoms with E-state index in [1.54, 1.807) is 12.1 Å². The molecule has 0 aliphatic rings. The van der Waals surface area contributed by atoms with Gasteiger partial charge in [-0.1, -0.05) is 18.2 Å². The molecule has 5 heteroatoms. The zero-order valence-corrected chi connectivity index (χ0v) is 8.00. The van der Waals surface area contributed by atoms with E-state index in [9.17, 15) is 15.0 Å². The molecule has 5 nitrogen and oxygen atoms in total. The molecule has 5 N–H and O–H groups in total. The Morgan fingerprint density at radius 3 is 2.47 bits per heavy atom. The highest BCUT2D eigenvalue weighted by atomic mass is 16.4. The van der Waals surface area contributed by atoms with E-state index in [0.717, 1.165) is 0 Å². The molecular formula is C10H13NO4. The molecule has 1 rings (SSSR count). The van der Waals surface area contributed by atoms with Gasteiger partial charge in [0.2, 0.25) is 5.91 Å². The van der Waals surface area contributed by atoms with Crippen LogP contribution in [0.1, 0.15) is 22.0 Å². The van der Waals surface area contributed by atoms with E-state index in [0.29, 0.717) is 0 Å². The standard InChI is InChI=1S/C10H13NO4/c11-10(15)7-4-2-1-3-6(7)9(14)8(13)5-12/h1-4,8-9,12-14H,5H2,(H2,11,15). The summed E-state index contributed by atoms with van der Waals surface area (Å²) in [6.45, 7) is -0.589. The second kappa shape index (κ2) is 4.88. The number of rotatable bonds is 4. The minimum absolute atomic E-state index is 0.137. The quantitative estimate of drug-likeness (QED) is 0.522. The summed E-state index contributed by atoms with van der Waals surface area (Å²) in [7, 11) is 0. The number of aliphatic hydroxyl groups is 3. The average molecular weight is 211 g/mol. The van der Waals surface area contributed by atoms with Gasteiger partial charge >= 0.3 is 0 Å². The van der Waals surface area contributed by atoms with E-state index >= 15 is 0 Å². The second-order valence-electron chi connectivity index (χ2n) is 3.15. The number of benzene rings is 1. The number of nitrogens with two attached hydrogens (primary N) is 1. The van der Waals surface area contributed by atoms with Crippen LogP contribution in [0.2, 0.25) is 0 Å². The Morgan fingerprint density at radius 2 is 1.93 bits per heavy atom. The SMILES string of the molecule is NC(=O)c1ccccc1C(O)C(O)CO. The van der Waals surface area contributed by atoms with Gasteiger partial charge < -0.3 is 21.1 Å². The predicted molar refractivity (Wildman–Crippen MR) is 53.0 cm³/mol. The Hall–Kier alpha value is -1.43. The maximum Gasteiger partial charge on any atom is 0.249 e. The van der Waals surface area contributed by atoms with Crippen molar-refractivity contribution >= 4 is 5.91 Å². The lowest BCUT2D eigenvalue weighted by atomic mass is 9.98. The van der Waals surface area contributed by atoms with Gasteiger partial charge in [0.1, 0.15) is 12.2 Å². The summed E-state index contributed by atoms with van der Waals surface area (Å²) in [5.74, 6) is -0.685. The molecule has 0 radical (unpaired) electrons. The van der Waals surface area contributed by atoms with Crippen molar-refractivity contribution in [2.75, 3.05) is 6.61 Å². The first kappa shape index (κ1) is 11.6. The van der Waals surface area contributed by atoms with Gasteiger partial charge in [0.05, 0.1) is 6.61 Å². The van der Waals surface area contributed by atoms with Crippen molar-refractivity contribution in [2.24, 2.45) is 5.73 Å². The highest BCUT2D eigenvalue weighted by Crippen LogP contribution is 2.20. The molecule has 0 fully saturated rings. The Kier molecular flexibility index (Phi) is 3.79. The number of carbonyl (C=O) groups is 1. The van der Waals surface area contributed by atoms with E-state index < -0.39 is 24.7 Å². The van der Waals surface area contributed by atoms with Crippen LogP contribution in [0.3, 0.4) is 0 Å². The molecule has 82 valence electrons. The van der Waals surface area contributed by atoms with Gasteiger partial charge in [-0.2, -0.15) is 0 Å². The average Bonchev–Trinajstić information content (AvgIpc) is 2.27. The Balaban J connectivity index is 3.07. The second-order valence-corrected chi connectivity index (χ2v) is 3.15. The lowest BCUT2D eigenvalue weighted by Crippen LogP contribution is -2.25. The lowest BCUT2D eigenvalue weighted by molar-refractivity contribution is -0.0155. The number of hydrogen-bond acceptors (Lipinski definition) is 4. The van der Waals surface area contributed by atoms with Crippen LogP contribution in [-0.2, 0) is 0 Å². The van der Waals surface area contributed by atoms with Crippen LogP contribution in [0.15, 0.2) is 24.3 Å². The summed E-state index contributed by atoms with van der Waals surface area (Å²) in [6.07, 6.45) is -2.65. The summed E-state index contributed by atoms with van der Waals surface area (Å²) in [5.41, 5.74) is 5.45. The number of carbonyl (C=O) groups excluding carboxylic acids is 1. The van der Waals surface area contributed by atoms with E-state index in [-0.39, 0.29) is 11.1 Å². The van der Waals surface area contributed by atoms with E-state index in [1.165, 1.54) is 12.1 Å². The van der Waals surface area contributed by atoms with Crippen LogP contribution in [0, 0.1) is 0 Å². The zero-order valence-electron chi connectivity index (χ0n) is 8.00. The van der Waals surface area contributed by atoms with Crippen molar-refractivity contribution in [1.29, 1.82) is 0 Å². The number of primary amides is 1. The van der Waals surface area contributed by atoms with Crippen LogP contribution in [0.25, 0.3) is 0 Å². The summed E-state index contributed by atoms with van der Waals surface area (Å²) in [6, 6.07) is 6.13. The van der Waals surface area contributed by atoms with Gasteiger partial charge in [-0.15, -0.1) is 0 Å². The fraction of sp³-hybridized carbons (Fsp3) is 0.300. The molecule has 0 heterocycles. The Labute approximate surface area is 86.8 Å². The van der Waals surface area contributed by atoms with E-state index in [1.807, 2.05) is 0 Å². The topological polar surface area (TPSA) is 104 Å². The molecular weight excluding hydrogens is 198 g/mol. The Bertz CT molecular complexity index is 353. The van der Waals surface area contributed by atoms with Crippen LogP contribution in [0.4, 0.5) is 0 Å². The fourth-order valence-corrected chi connectivity index (χ4v) is 1.29. The lowest BCUT2D eigenvalue weighted by Gasteiger charge is -2.17. The van der Waals surface area contributed by atoms with Gasteiger partial charge in [0.15, 0.2) is 0 Å². The molecule has 1 amide bonds. The van der Waals surface area contributed by atoms with Gasteiger partial charge in [0.25, 0.3) is 0 Å². The Morgan fingerprint density at radius 1 is 1.33 bits per heavy atom. The number of aliphatic hydroxyl groups excluding tert-OH is 3.